The van der Waals surface area contributed by atoms with Crippen LogP contribution in [-0.2, 0) is 24.1 Å². The number of carbonyl (C=O) groups is 2. The van der Waals surface area contributed by atoms with E-state index < -0.39 is 5.97 Å². The normalized spacial score (nSPS) is 15.6. The van der Waals surface area contributed by atoms with E-state index in [4.69, 9.17) is 9.26 Å². The number of nitrogens with one attached hydrogen (secondary N) is 1. The van der Waals surface area contributed by atoms with Crippen molar-refractivity contribution < 1.29 is 18.8 Å². The number of hydrogen-bond acceptors (Lipinski definition) is 6. The minimum absolute atomic E-state index is 0.150. The number of carbonyl (C=O) groups excluding carboxylic acids is 2. The first kappa shape index (κ1) is 23.7. The van der Waals surface area contributed by atoms with Crippen molar-refractivity contribution >= 4 is 17.6 Å². The second-order valence-electron chi connectivity index (χ2n) is 10.0. The molecule has 0 radical (unpaired) electrons. The summed E-state index contributed by atoms with van der Waals surface area (Å²) in [6.07, 6.45) is 2.62. The summed E-state index contributed by atoms with van der Waals surface area (Å²) in [5.41, 5.74) is 4.81. The van der Waals surface area contributed by atoms with Crippen molar-refractivity contribution in [2.75, 3.05) is 12.4 Å². The highest BCUT2D eigenvalue weighted by Gasteiger charge is 2.34. The molecule has 1 aliphatic rings. The van der Waals surface area contributed by atoms with Crippen molar-refractivity contribution in [3.8, 4) is 0 Å². The van der Waals surface area contributed by atoms with Gasteiger partial charge in [-0.15, -0.1) is 0 Å². The Morgan fingerprint density at radius 1 is 1.24 bits per heavy atom. The van der Waals surface area contributed by atoms with Crippen molar-refractivity contribution in [3.63, 3.8) is 0 Å². The number of aromatic nitrogens is 3. The van der Waals surface area contributed by atoms with E-state index in [1.807, 2.05) is 26.0 Å². The summed E-state index contributed by atoms with van der Waals surface area (Å²) in [5, 5.41) is 11.7. The lowest BCUT2D eigenvalue weighted by Gasteiger charge is -2.33. The van der Waals surface area contributed by atoms with Gasteiger partial charge in [0.2, 0.25) is 0 Å². The molecule has 1 aromatic carbocycles. The summed E-state index contributed by atoms with van der Waals surface area (Å²) in [6.45, 7) is 10.8. The summed E-state index contributed by atoms with van der Waals surface area (Å²) < 4.78 is 12.2. The molecule has 8 heteroatoms. The van der Waals surface area contributed by atoms with Crippen LogP contribution in [0, 0.1) is 25.2 Å². The summed E-state index contributed by atoms with van der Waals surface area (Å²) >= 11 is 0. The molecule has 1 amide bonds. The average Bonchev–Trinajstić information content (AvgIpc) is 3.34. The Balaban J connectivity index is 1.57. The Morgan fingerprint density at radius 3 is 2.68 bits per heavy atom. The minimum atomic E-state index is -0.393. The quantitative estimate of drug-likeness (QED) is 0.548. The molecule has 2 aromatic heterocycles. The number of esters is 1. The molecule has 8 nitrogen and oxygen atoms in total. The van der Waals surface area contributed by atoms with Gasteiger partial charge in [0.1, 0.15) is 5.76 Å². The van der Waals surface area contributed by atoms with Gasteiger partial charge in [-0.3, -0.25) is 9.48 Å². The zero-order valence-electron chi connectivity index (χ0n) is 20.7. The second-order valence-corrected chi connectivity index (χ2v) is 10.0. The van der Waals surface area contributed by atoms with Crippen LogP contribution in [-0.4, -0.2) is 33.9 Å². The van der Waals surface area contributed by atoms with Crippen LogP contribution in [0.1, 0.15) is 76.3 Å². The van der Waals surface area contributed by atoms with Gasteiger partial charge < -0.3 is 14.6 Å². The average molecular weight is 465 g/mol. The molecule has 1 unspecified atom stereocenters. The van der Waals surface area contributed by atoms with E-state index in [9.17, 15) is 9.59 Å². The van der Waals surface area contributed by atoms with Crippen molar-refractivity contribution in [3.05, 3.63) is 63.8 Å². The fraction of sp³-hybridized carbons (Fsp3) is 0.462. The molecule has 2 heterocycles. The number of nitrogens with zero attached hydrogens (tertiary/aromatic N) is 3. The zero-order valence-corrected chi connectivity index (χ0v) is 20.7. The Kier molecular flexibility index (Phi) is 6.34. The maximum absolute atomic E-state index is 13.2. The predicted octanol–water partition coefficient (Wildman–Crippen LogP) is 4.73. The Morgan fingerprint density at radius 2 is 1.97 bits per heavy atom. The molecule has 4 rings (SSSR count). The van der Waals surface area contributed by atoms with Gasteiger partial charge in [0.25, 0.3) is 5.91 Å². The van der Waals surface area contributed by atoms with Crippen LogP contribution < -0.4 is 5.32 Å². The van der Waals surface area contributed by atoms with Crippen molar-refractivity contribution in [1.82, 2.24) is 14.9 Å². The molecule has 0 saturated heterocycles. The third kappa shape index (κ3) is 4.49. The summed E-state index contributed by atoms with van der Waals surface area (Å²) in [7, 11) is 1.36. The molecule has 0 aliphatic heterocycles. The van der Waals surface area contributed by atoms with E-state index in [2.05, 4.69) is 36.3 Å². The summed E-state index contributed by atoms with van der Waals surface area (Å²) in [5.74, 6) is 0.594. The van der Waals surface area contributed by atoms with Gasteiger partial charge in [-0.2, -0.15) is 5.10 Å². The van der Waals surface area contributed by atoms with Gasteiger partial charge in [0, 0.05) is 12.0 Å². The lowest BCUT2D eigenvalue weighted by Crippen LogP contribution is -2.27. The van der Waals surface area contributed by atoms with Gasteiger partial charge in [-0.05, 0) is 49.7 Å². The molecule has 3 aromatic rings. The molecule has 0 saturated carbocycles. The standard InChI is InChI=1S/C26H32N4O4/c1-15-22(16(2)30(28-15)14-17-9-7-8-10-19(17)25(32)33-6)27-24(31)23-20-13-18(26(3,4)5)11-12-21(20)34-29-23/h7-10,18H,11-14H2,1-6H3,(H,27,31). The number of ether oxygens (including phenoxy) is 1. The van der Waals surface area contributed by atoms with Crippen molar-refractivity contribution in [2.24, 2.45) is 11.3 Å². The minimum Gasteiger partial charge on any atom is -0.465 e. The molecule has 0 fully saturated rings. The Labute approximate surface area is 199 Å². The van der Waals surface area contributed by atoms with Gasteiger partial charge >= 0.3 is 5.97 Å². The van der Waals surface area contributed by atoms with E-state index in [-0.39, 0.29) is 11.3 Å². The highest BCUT2D eigenvalue weighted by Crippen LogP contribution is 2.38. The molecule has 1 N–H and O–H groups in total. The van der Waals surface area contributed by atoms with Gasteiger partial charge in [0.05, 0.1) is 36.3 Å². The summed E-state index contributed by atoms with van der Waals surface area (Å²) in [6, 6.07) is 7.27. The van der Waals surface area contributed by atoms with Gasteiger partial charge in [-0.25, -0.2) is 4.79 Å². The third-order valence-corrected chi connectivity index (χ3v) is 6.84. The van der Waals surface area contributed by atoms with Gasteiger partial charge in [0.15, 0.2) is 5.69 Å². The SMILES string of the molecule is COC(=O)c1ccccc1Cn1nc(C)c(NC(=O)c2noc3c2CC(C(C)(C)C)CC3)c1C. The van der Waals surface area contributed by atoms with Crippen LogP contribution in [0.25, 0.3) is 0 Å². The van der Waals surface area contributed by atoms with Crippen molar-refractivity contribution in [1.29, 1.82) is 0 Å². The van der Waals surface area contributed by atoms with Crippen LogP contribution >= 0.6 is 0 Å². The number of fused-ring (bicyclic) bond motifs is 1. The van der Waals surface area contributed by atoms with E-state index in [0.717, 1.165) is 41.8 Å². The summed E-state index contributed by atoms with van der Waals surface area (Å²) in [4.78, 5) is 25.4. The maximum Gasteiger partial charge on any atom is 0.338 e. The van der Waals surface area contributed by atoms with E-state index in [1.165, 1.54) is 7.11 Å². The maximum atomic E-state index is 13.2. The number of rotatable bonds is 5. The van der Waals surface area contributed by atoms with Crippen LogP contribution in [0.5, 0.6) is 0 Å². The van der Waals surface area contributed by atoms with Gasteiger partial charge in [-0.1, -0.05) is 44.1 Å². The molecular weight excluding hydrogens is 432 g/mol. The lowest BCUT2D eigenvalue weighted by molar-refractivity contribution is 0.0599. The zero-order chi connectivity index (χ0) is 24.6. The molecule has 180 valence electrons. The lowest BCUT2D eigenvalue weighted by atomic mass is 9.71. The van der Waals surface area contributed by atoms with Crippen LogP contribution in [0.4, 0.5) is 5.69 Å². The molecule has 1 atom stereocenters. The highest BCUT2D eigenvalue weighted by molar-refractivity contribution is 6.04. The Bertz CT molecular complexity index is 1230. The number of aryl methyl sites for hydroxylation is 2. The number of methoxy groups -OCH3 is 1. The molecule has 0 bridgehead atoms. The first-order chi connectivity index (χ1) is 16.1. The largest absolute Gasteiger partial charge is 0.465 e. The molecule has 1 aliphatic carbocycles. The third-order valence-electron chi connectivity index (χ3n) is 6.84. The smallest absolute Gasteiger partial charge is 0.338 e. The number of anilines is 1. The molecular formula is C26H32N4O4. The first-order valence-electron chi connectivity index (χ1n) is 11.6. The van der Waals surface area contributed by atoms with Crippen LogP contribution in [0.3, 0.4) is 0 Å². The Hall–Kier alpha value is -3.42. The molecule has 34 heavy (non-hydrogen) atoms. The van der Waals surface area contributed by atoms with Crippen LogP contribution in [0.15, 0.2) is 28.8 Å². The predicted molar refractivity (Wildman–Crippen MR) is 128 cm³/mol. The number of amides is 1. The fourth-order valence-electron chi connectivity index (χ4n) is 4.65. The fourth-order valence-corrected chi connectivity index (χ4v) is 4.65. The number of hydrogen-bond donors (Lipinski definition) is 1. The highest BCUT2D eigenvalue weighted by atomic mass is 16.5. The van der Waals surface area contributed by atoms with Crippen molar-refractivity contribution in [2.45, 2.75) is 60.4 Å². The topological polar surface area (TPSA) is 99.2 Å². The monoisotopic (exact) mass is 464 g/mol. The van der Waals surface area contributed by atoms with E-state index in [0.29, 0.717) is 35.1 Å². The van der Waals surface area contributed by atoms with E-state index in [1.54, 1.807) is 16.8 Å². The molecule has 0 spiro atoms. The second kappa shape index (κ2) is 9.08. The number of benzene rings is 1. The first-order valence-corrected chi connectivity index (χ1v) is 11.6. The van der Waals surface area contributed by atoms with E-state index >= 15 is 0 Å². The van der Waals surface area contributed by atoms with Crippen LogP contribution in [0.2, 0.25) is 0 Å².